The molecule has 0 spiro atoms. The average molecular weight is 249 g/mol. The quantitative estimate of drug-likeness (QED) is 0.507. The van der Waals surface area contributed by atoms with Crippen LogP contribution in [0.2, 0.25) is 0 Å². The third-order valence-electron chi connectivity index (χ3n) is 3.30. The van der Waals surface area contributed by atoms with Crippen molar-refractivity contribution in [2.24, 2.45) is 5.16 Å². The molecule has 0 aliphatic heterocycles. The molecule has 0 bridgehead atoms. The van der Waals surface area contributed by atoms with Crippen molar-refractivity contribution in [3.05, 3.63) is 72.3 Å². The number of hydrogen-bond donors (Lipinski definition) is 0. The van der Waals surface area contributed by atoms with E-state index in [1.54, 1.807) is 6.08 Å². The van der Waals surface area contributed by atoms with Crippen molar-refractivity contribution in [2.45, 2.75) is 13.0 Å². The van der Waals surface area contributed by atoms with Gasteiger partial charge in [-0.2, -0.15) is 0 Å². The number of nitrogens with zero attached hydrogens (tertiary/aromatic N) is 1. The Hall–Kier alpha value is -2.35. The van der Waals surface area contributed by atoms with E-state index in [-0.39, 0.29) is 6.10 Å². The van der Waals surface area contributed by atoms with Crippen LogP contribution in [0.4, 0.5) is 0 Å². The molecule has 0 fully saturated rings. The largest absolute Gasteiger partial charge is 0.388 e. The van der Waals surface area contributed by atoms with E-state index in [1.807, 2.05) is 31.2 Å². The molecule has 0 amide bonds. The number of oxime groups is 1. The minimum atomic E-state index is -0.0903. The first-order chi connectivity index (χ1) is 9.31. The number of benzene rings is 2. The van der Waals surface area contributed by atoms with Gasteiger partial charge in [-0.3, -0.25) is 0 Å². The summed E-state index contributed by atoms with van der Waals surface area (Å²) in [5, 5.41) is 4.32. The Kier molecular flexibility index (Phi) is 2.92. The van der Waals surface area contributed by atoms with Crippen LogP contribution >= 0.6 is 0 Å². The molecule has 0 saturated carbocycles. The molecule has 0 N–H and O–H groups in total. The molecular weight excluding hydrogens is 234 g/mol. The molecule has 0 heterocycles. The summed E-state index contributed by atoms with van der Waals surface area (Å²) in [7, 11) is 0. The lowest BCUT2D eigenvalue weighted by atomic mass is 10.1. The minimum Gasteiger partial charge on any atom is -0.388 e. The molecule has 1 unspecified atom stereocenters. The Bertz CT molecular complexity index is 610. The fourth-order valence-corrected chi connectivity index (χ4v) is 2.27. The summed E-state index contributed by atoms with van der Waals surface area (Å²) >= 11 is 0. The van der Waals surface area contributed by atoms with Gasteiger partial charge in [-0.05, 0) is 24.1 Å². The Morgan fingerprint density at radius 2 is 1.42 bits per heavy atom. The summed E-state index contributed by atoms with van der Waals surface area (Å²) in [6.07, 6.45) is 1.64. The summed E-state index contributed by atoms with van der Waals surface area (Å²) < 4.78 is 0. The third-order valence-corrected chi connectivity index (χ3v) is 3.30. The lowest BCUT2D eigenvalue weighted by Crippen LogP contribution is -2.04. The molecule has 2 nitrogen and oxygen atoms in total. The number of hydrogen-bond acceptors (Lipinski definition) is 2. The maximum Gasteiger partial charge on any atom is 0.142 e. The van der Waals surface area contributed by atoms with Gasteiger partial charge in [0.25, 0.3) is 0 Å². The highest BCUT2D eigenvalue weighted by molar-refractivity contribution is 6.24. The molecule has 2 aromatic carbocycles. The highest BCUT2D eigenvalue weighted by Gasteiger charge is 2.24. The summed E-state index contributed by atoms with van der Waals surface area (Å²) in [6.45, 7) is 5.62. The number of rotatable bonds is 3. The van der Waals surface area contributed by atoms with Crippen molar-refractivity contribution in [2.75, 3.05) is 0 Å². The zero-order chi connectivity index (χ0) is 13.2. The Balaban J connectivity index is 2.12. The van der Waals surface area contributed by atoms with Crippen molar-refractivity contribution in [3.8, 4) is 11.1 Å². The van der Waals surface area contributed by atoms with Gasteiger partial charge < -0.3 is 4.84 Å². The van der Waals surface area contributed by atoms with Crippen molar-refractivity contribution in [1.82, 2.24) is 0 Å². The standard InChI is InChI=1S/C17H15NO/c1-3-12(2)19-18-17-15-10-6-4-8-13(15)14-9-5-7-11-16(14)17/h3-12H,1H2,2H3. The molecule has 1 atom stereocenters. The summed E-state index contributed by atoms with van der Waals surface area (Å²) in [4.78, 5) is 5.46. The molecular formula is C17H15NO. The molecule has 0 saturated heterocycles. The van der Waals surface area contributed by atoms with Gasteiger partial charge in [0.15, 0.2) is 0 Å². The SMILES string of the molecule is C=CC(C)ON=C1c2ccccc2-c2ccccc21. The Morgan fingerprint density at radius 3 is 1.89 bits per heavy atom. The van der Waals surface area contributed by atoms with Crippen LogP contribution in [0.25, 0.3) is 11.1 Å². The van der Waals surface area contributed by atoms with Crippen LogP contribution < -0.4 is 0 Å². The van der Waals surface area contributed by atoms with Crippen molar-refractivity contribution in [1.29, 1.82) is 0 Å². The fraction of sp³-hybridized carbons (Fsp3) is 0.118. The van der Waals surface area contributed by atoms with Crippen LogP contribution in [-0.2, 0) is 4.84 Å². The van der Waals surface area contributed by atoms with Crippen molar-refractivity contribution >= 4 is 5.71 Å². The van der Waals surface area contributed by atoms with Gasteiger partial charge >= 0.3 is 0 Å². The highest BCUT2D eigenvalue weighted by Crippen LogP contribution is 2.36. The van der Waals surface area contributed by atoms with Crippen LogP contribution in [0.3, 0.4) is 0 Å². The van der Waals surface area contributed by atoms with E-state index in [4.69, 9.17) is 4.84 Å². The summed E-state index contributed by atoms with van der Waals surface area (Å²) in [5.74, 6) is 0. The van der Waals surface area contributed by atoms with Gasteiger partial charge in [0, 0.05) is 11.1 Å². The topological polar surface area (TPSA) is 21.6 Å². The van der Waals surface area contributed by atoms with Gasteiger partial charge in [-0.25, -0.2) is 0 Å². The zero-order valence-corrected chi connectivity index (χ0v) is 10.8. The smallest absolute Gasteiger partial charge is 0.142 e. The summed E-state index contributed by atoms with van der Waals surface area (Å²) in [5.41, 5.74) is 5.58. The second-order valence-corrected chi connectivity index (χ2v) is 4.58. The van der Waals surface area contributed by atoms with Gasteiger partial charge in [0.2, 0.25) is 0 Å². The molecule has 2 aromatic rings. The third kappa shape index (κ3) is 1.95. The molecule has 0 radical (unpaired) electrons. The lowest BCUT2D eigenvalue weighted by Gasteiger charge is -2.06. The minimum absolute atomic E-state index is 0.0903. The molecule has 3 rings (SSSR count). The van der Waals surface area contributed by atoms with Crippen molar-refractivity contribution in [3.63, 3.8) is 0 Å². The molecule has 1 aliphatic rings. The van der Waals surface area contributed by atoms with E-state index in [1.165, 1.54) is 11.1 Å². The van der Waals surface area contributed by atoms with Gasteiger partial charge in [-0.1, -0.05) is 60.3 Å². The molecule has 2 heteroatoms. The first kappa shape index (κ1) is 11.7. The van der Waals surface area contributed by atoms with Gasteiger partial charge in [0.05, 0.1) is 0 Å². The van der Waals surface area contributed by atoms with E-state index < -0.39 is 0 Å². The first-order valence-corrected chi connectivity index (χ1v) is 6.37. The highest BCUT2D eigenvalue weighted by atomic mass is 16.6. The lowest BCUT2D eigenvalue weighted by molar-refractivity contribution is 0.106. The normalized spacial score (nSPS) is 13.4. The van der Waals surface area contributed by atoms with E-state index >= 15 is 0 Å². The van der Waals surface area contributed by atoms with Crippen LogP contribution in [0, 0.1) is 0 Å². The second-order valence-electron chi connectivity index (χ2n) is 4.58. The van der Waals surface area contributed by atoms with E-state index in [2.05, 4.69) is 36.0 Å². The monoisotopic (exact) mass is 249 g/mol. The van der Waals surface area contributed by atoms with Crippen LogP contribution in [0.15, 0.2) is 66.3 Å². The molecule has 1 aliphatic carbocycles. The van der Waals surface area contributed by atoms with Gasteiger partial charge in [-0.15, -0.1) is 0 Å². The van der Waals surface area contributed by atoms with Gasteiger partial charge in [0.1, 0.15) is 11.8 Å². The maximum absolute atomic E-state index is 5.46. The molecule has 94 valence electrons. The number of fused-ring (bicyclic) bond motifs is 3. The first-order valence-electron chi connectivity index (χ1n) is 6.37. The summed E-state index contributed by atoms with van der Waals surface area (Å²) in [6, 6.07) is 16.5. The average Bonchev–Trinajstić information content (AvgIpc) is 2.79. The van der Waals surface area contributed by atoms with E-state index in [0.29, 0.717) is 0 Å². The van der Waals surface area contributed by atoms with Crippen LogP contribution in [0.5, 0.6) is 0 Å². The van der Waals surface area contributed by atoms with E-state index in [9.17, 15) is 0 Å². The van der Waals surface area contributed by atoms with Crippen molar-refractivity contribution < 1.29 is 4.84 Å². The Labute approximate surface area is 113 Å². The Morgan fingerprint density at radius 1 is 0.947 bits per heavy atom. The van der Waals surface area contributed by atoms with E-state index in [0.717, 1.165) is 16.8 Å². The maximum atomic E-state index is 5.46. The fourth-order valence-electron chi connectivity index (χ4n) is 2.27. The molecule has 19 heavy (non-hydrogen) atoms. The predicted molar refractivity (Wildman–Crippen MR) is 78.3 cm³/mol. The van der Waals surface area contributed by atoms with Crippen LogP contribution in [-0.4, -0.2) is 11.8 Å². The zero-order valence-electron chi connectivity index (χ0n) is 10.8. The molecule has 0 aromatic heterocycles. The second kappa shape index (κ2) is 4.73. The van der Waals surface area contributed by atoms with Crippen LogP contribution in [0.1, 0.15) is 18.1 Å². The predicted octanol–water partition coefficient (Wildman–Crippen LogP) is 4.01.